The smallest absolute Gasteiger partial charge is 0.261 e. The number of amides is 1. The molecule has 0 unspecified atom stereocenters. The molecule has 0 saturated heterocycles. The molecule has 0 aliphatic heterocycles. The highest BCUT2D eigenvalue weighted by Gasteiger charge is 2.21. The van der Waals surface area contributed by atoms with Crippen molar-refractivity contribution in [3.8, 4) is 0 Å². The third-order valence-corrected chi connectivity index (χ3v) is 5.26. The number of likely N-dealkylation sites (N-methyl/N-ethyl adjacent to an activating group) is 1. The molecular weight excluding hydrogens is 292 g/mol. The van der Waals surface area contributed by atoms with E-state index in [1.165, 1.54) is 16.9 Å². The Kier molecular flexibility index (Phi) is 4.60. The number of nitrogens with zero attached hydrogens (tertiary/aromatic N) is 1. The zero-order valence-electron chi connectivity index (χ0n) is 13.1. The van der Waals surface area contributed by atoms with Crippen molar-refractivity contribution in [1.29, 1.82) is 0 Å². The van der Waals surface area contributed by atoms with Crippen molar-refractivity contribution in [2.24, 2.45) is 0 Å². The van der Waals surface area contributed by atoms with Crippen LogP contribution in [0, 0.1) is 0 Å². The van der Waals surface area contributed by atoms with Gasteiger partial charge in [-0.15, -0.1) is 11.3 Å². The van der Waals surface area contributed by atoms with Crippen molar-refractivity contribution in [3.63, 3.8) is 0 Å². The lowest BCUT2D eigenvalue weighted by Crippen LogP contribution is -2.35. The van der Waals surface area contributed by atoms with E-state index in [-0.39, 0.29) is 11.9 Å². The lowest BCUT2D eigenvalue weighted by atomic mass is 10.1. The van der Waals surface area contributed by atoms with Gasteiger partial charge in [-0.3, -0.25) is 4.79 Å². The Morgan fingerprint density at radius 2 is 2.05 bits per heavy atom. The Bertz CT molecular complexity index is 627. The molecule has 4 heteroatoms. The number of benzene rings is 1. The zero-order valence-corrected chi connectivity index (χ0v) is 14.0. The van der Waals surface area contributed by atoms with E-state index in [0.717, 1.165) is 29.8 Å². The fourth-order valence-electron chi connectivity index (χ4n) is 2.96. The van der Waals surface area contributed by atoms with Gasteiger partial charge >= 0.3 is 0 Å². The summed E-state index contributed by atoms with van der Waals surface area (Å²) in [5.74, 6) is 0.0510. The van der Waals surface area contributed by atoms with Gasteiger partial charge in [-0.05, 0) is 50.6 Å². The van der Waals surface area contributed by atoms with E-state index in [9.17, 15) is 4.79 Å². The van der Waals surface area contributed by atoms with Crippen LogP contribution in [-0.4, -0.2) is 31.4 Å². The largest absolute Gasteiger partial charge is 0.343 e. The SMILES string of the molecule is CN(C)C[C@@H](NC(=O)c1cc2c(s1)CCC2)c1ccccc1. The topological polar surface area (TPSA) is 32.3 Å². The monoisotopic (exact) mass is 314 g/mol. The van der Waals surface area contributed by atoms with Crippen LogP contribution in [0.4, 0.5) is 0 Å². The Balaban J connectivity index is 1.76. The van der Waals surface area contributed by atoms with Crippen molar-refractivity contribution in [2.75, 3.05) is 20.6 Å². The Morgan fingerprint density at radius 1 is 1.27 bits per heavy atom. The molecule has 1 aliphatic carbocycles. The number of rotatable bonds is 5. The minimum atomic E-state index is 0.0145. The molecule has 1 heterocycles. The van der Waals surface area contributed by atoms with Gasteiger partial charge in [0, 0.05) is 11.4 Å². The third-order valence-electron chi connectivity index (χ3n) is 4.03. The van der Waals surface area contributed by atoms with Crippen LogP contribution in [0.3, 0.4) is 0 Å². The van der Waals surface area contributed by atoms with E-state index < -0.39 is 0 Å². The van der Waals surface area contributed by atoms with Gasteiger partial charge < -0.3 is 10.2 Å². The third kappa shape index (κ3) is 3.39. The molecule has 1 aromatic carbocycles. The molecule has 0 saturated carbocycles. The van der Waals surface area contributed by atoms with Gasteiger partial charge in [-0.25, -0.2) is 0 Å². The minimum Gasteiger partial charge on any atom is -0.343 e. The highest BCUT2D eigenvalue weighted by molar-refractivity contribution is 7.14. The van der Waals surface area contributed by atoms with Crippen LogP contribution < -0.4 is 5.32 Å². The molecule has 22 heavy (non-hydrogen) atoms. The van der Waals surface area contributed by atoms with Gasteiger partial charge in [0.15, 0.2) is 0 Å². The van der Waals surface area contributed by atoms with Gasteiger partial charge in [0.2, 0.25) is 0 Å². The normalized spacial score (nSPS) is 14.9. The summed E-state index contributed by atoms with van der Waals surface area (Å²) in [5.41, 5.74) is 2.52. The second-order valence-electron chi connectivity index (χ2n) is 6.11. The van der Waals surface area contributed by atoms with E-state index in [0.29, 0.717) is 0 Å². The van der Waals surface area contributed by atoms with Crippen molar-refractivity contribution < 1.29 is 4.79 Å². The van der Waals surface area contributed by atoms with Crippen LogP contribution in [0.2, 0.25) is 0 Å². The van der Waals surface area contributed by atoms with E-state index in [1.54, 1.807) is 11.3 Å². The summed E-state index contributed by atoms with van der Waals surface area (Å²) < 4.78 is 0. The van der Waals surface area contributed by atoms with Crippen LogP contribution >= 0.6 is 11.3 Å². The number of carbonyl (C=O) groups excluding carboxylic acids is 1. The molecule has 2 aromatic rings. The van der Waals surface area contributed by atoms with Crippen LogP contribution in [-0.2, 0) is 12.8 Å². The molecule has 1 aromatic heterocycles. The lowest BCUT2D eigenvalue weighted by molar-refractivity contribution is 0.0934. The molecule has 0 spiro atoms. The fourth-order valence-corrected chi connectivity index (χ4v) is 4.11. The average molecular weight is 314 g/mol. The number of carbonyl (C=O) groups is 1. The molecule has 3 rings (SSSR count). The summed E-state index contributed by atoms with van der Waals surface area (Å²) in [6.07, 6.45) is 3.49. The first-order valence-corrected chi connectivity index (χ1v) is 8.57. The summed E-state index contributed by atoms with van der Waals surface area (Å²) in [4.78, 5) is 16.9. The lowest BCUT2D eigenvalue weighted by Gasteiger charge is -2.22. The highest BCUT2D eigenvalue weighted by Crippen LogP contribution is 2.30. The number of thiophene rings is 1. The maximum absolute atomic E-state index is 12.6. The second-order valence-corrected chi connectivity index (χ2v) is 7.25. The summed E-state index contributed by atoms with van der Waals surface area (Å²) in [6, 6.07) is 12.3. The predicted molar refractivity (Wildman–Crippen MR) is 91.5 cm³/mol. The quantitative estimate of drug-likeness (QED) is 0.918. The summed E-state index contributed by atoms with van der Waals surface area (Å²) in [5, 5.41) is 3.20. The van der Waals surface area contributed by atoms with Crippen molar-refractivity contribution >= 4 is 17.2 Å². The second kappa shape index (κ2) is 6.63. The van der Waals surface area contributed by atoms with Gasteiger partial charge in [-0.2, -0.15) is 0 Å². The van der Waals surface area contributed by atoms with E-state index in [1.807, 2.05) is 32.3 Å². The minimum absolute atomic E-state index is 0.0145. The summed E-state index contributed by atoms with van der Waals surface area (Å²) in [6.45, 7) is 0.793. The van der Waals surface area contributed by atoms with Gasteiger partial charge in [0.1, 0.15) is 0 Å². The summed E-state index contributed by atoms with van der Waals surface area (Å²) in [7, 11) is 4.06. The average Bonchev–Trinajstić information content (AvgIpc) is 3.08. The molecule has 0 fully saturated rings. The molecular formula is C18H22N2OS. The van der Waals surface area contributed by atoms with Gasteiger partial charge in [-0.1, -0.05) is 30.3 Å². The van der Waals surface area contributed by atoms with Crippen LogP contribution in [0.25, 0.3) is 0 Å². The first-order chi connectivity index (χ1) is 10.6. The molecule has 1 N–H and O–H groups in total. The van der Waals surface area contributed by atoms with Crippen molar-refractivity contribution in [1.82, 2.24) is 10.2 Å². The van der Waals surface area contributed by atoms with E-state index >= 15 is 0 Å². The molecule has 0 bridgehead atoms. The molecule has 1 amide bonds. The Labute approximate surface area is 136 Å². The van der Waals surface area contributed by atoms with Crippen LogP contribution in [0.1, 0.15) is 38.1 Å². The van der Waals surface area contributed by atoms with Crippen molar-refractivity contribution in [3.05, 3.63) is 57.3 Å². The Morgan fingerprint density at radius 3 is 2.73 bits per heavy atom. The van der Waals surface area contributed by atoms with Crippen molar-refractivity contribution in [2.45, 2.75) is 25.3 Å². The first-order valence-electron chi connectivity index (χ1n) is 7.75. The molecule has 1 atom stereocenters. The maximum atomic E-state index is 12.6. The number of nitrogens with one attached hydrogen (secondary N) is 1. The molecule has 116 valence electrons. The zero-order chi connectivity index (χ0) is 15.5. The standard InChI is InChI=1S/C18H22N2OS/c1-20(2)12-15(13-7-4-3-5-8-13)19-18(21)17-11-14-9-6-10-16(14)22-17/h3-5,7-8,11,15H,6,9-10,12H2,1-2H3,(H,19,21)/t15-/m1/s1. The number of hydrogen-bond donors (Lipinski definition) is 1. The van der Waals surface area contributed by atoms with Gasteiger partial charge in [0.05, 0.1) is 10.9 Å². The van der Waals surface area contributed by atoms with E-state index in [4.69, 9.17) is 0 Å². The first kappa shape index (κ1) is 15.3. The summed E-state index contributed by atoms with van der Waals surface area (Å²) >= 11 is 1.66. The van der Waals surface area contributed by atoms with Gasteiger partial charge in [0.25, 0.3) is 5.91 Å². The number of hydrogen-bond acceptors (Lipinski definition) is 3. The van der Waals surface area contributed by atoms with Crippen LogP contribution in [0.15, 0.2) is 36.4 Å². The predicted octanol–water partition coefficient (Wildman–Crippen LogP) is 3.27. The Hall–Kier alpha value is -1.65. The highest BCUT2D eigenvalue weighted by atomic mass is 32.1. The number of fused-ring (bicyclic) bond motifs is 1. The maximum Gasteiger partial charge on any atom is 0.261 e. The fraction of sp³-hybridized carbons (Fsp3) is 0.389. The molecule has 3 nitrogen and oxygen atoms in total. The van der Waals surface area contributed by atoms with E-state index in [2.05, 4.69) is 28.4 Å². The molecule has 1 aliphatic rings. The molecule has 0 radical (unpaired) electrons. The number of aryl methyl sites for hydroxylation is 2. The van der Waals surface area contributed by atoms with Crippen LogP contribution in [0.5, 0.6) is 0 Å².